The lowest BCUT2D eigenvalue weighted by Crippen LogP contribution is -2.43. The molecule has 0 aromatic rings. The predicted octanol–water partition coefficient (Wildman–Crippen LogP) is 2.92. The van der Waals surface area contributed by atoms with Crippen LogP contribution in [0, 0.1) is 23.7 Å². The minimum absolute atomic E-state index is 0.0209. The molecule has 4 atom stereocenters. The summed E-state index contributed by atoms with van der Waals surface area (Å²) in [6.45, 7) is 6.64. The number of esters is 1. The first-order valence-corrected chi connectivity index (χ1v) is 8.93. The van der Waals surface area contributed by atoms with Gasteiger partial charge in [0.15, 0.2) is 0 Å². The minimum Gasteiger partial charge on any atom is -0.459 e. The van der Waals surface area contributed by atoms with Gasteiger partial charge in [-0.2, -0.15) is 0 Å². The van der Waals surface area contributed by atoms with Crippen LogP contribution in [0.3, 0.4) is 0 Å². The second kappa shape index (κ2) is 6.12. The largest absolute Gasteiger partial charge is 0.459 e. The predicted molar refractivity (Wildman–Crippen MR) is 83.3 cm³/mol. The number of rotatable bonds is 4. The summed E-state index contributed by atoms with van der Waals surface area (Å²) in [5.74, 6) is 0.989. The van der Waals surface area contributed by atoms with Crippen molar-refractivity contribution in [1.29, 1.82) is 0 Å². The monoisotopic (exact) mass is 310 g/mol. The number of aliphatic hydroxyl groups excluding tert-OH is 1. The summed E-state index contributed by atoms with van der Waals surface area (Å²) in [7, 11) is 0. The molecule has 2 heterocycles. The molecule has 2 aliphatic heterocycles. The van der Waals surface area contributed by atoms with Crippen LogP contribution in [0.15, 0.2) is 0 Å². The van der Waals surface area contributed by atoms with Crippen LogP contribution in [-0.2, 0) is 14.3 Å². The van der Waals surface area contributed by atoms with Gasteiger partial charge in [-0.05, 0) is 57.3 Å². The van der Waals surface area contributed by atoms with Crippen LogP contribution < -0.4 is 0 Å². The Balaban J connectivity index is 1.60. The first kappa shape index (κ1) is 16.3. The van der Waals surface area contributed by atoms with Gasteiger partial charge in [-0.3, -0.25) is 4.79 Å². The Bertz CT molecular complexity index is 411. The number of fused-ring (bicyclic) bond motifs is 2. The molecule has 3 aliphatic rings. The highest BCUT2D eigenvalue weighted by Gasteiger charge is 2.53. The molecule has 1 saturated carbocycles. The van der Waals surface area contributed by atoms with Crippen LogP contribution in [0.2, 0.25) is 0 Å². The van der Waals surface area contributed by atoms with E-state index in [2.05, 4.69) is 20.8 Å². The van der Waals surface area contributed by atoms with E-state index in [1.54, 1.807) is 0 Å². The Morgan fingerprint density at radius 2 is 1.86 bits per heavy atom. The Hall–Kier alpha value is -0.610. The van der Waals surface area contributed by atoms with Crippen LogP contribution >= 0.6 is 0 Å². The molecule has 0 aromatic heterocycles. The zero-order chi connectivity index (χ0) is 15.9. The number of carbonyl (C=O) groups excluding carboxylic acids is 1. The van der Waals surface area contributed by atoms with E-state index < -0.39 is 0 Å². The third-order valence-corrected chi connectivity index (χ3v) is 6.29. The van der Waals surface area contributed by atoms with Crippen LogP contribution in [-0.4, -0.2) is 35.5 Å². The zero-order valence-electron chi connectivity index (χ0n) is 14.1. The lowest BCUT2D eigenvalue weighted by Gasteiger charge is -2.39. The molecule has 126 valence electrons. The van der Waals surface area contributed by atoms with Crippen molar-refractivity contribution in [3.63, 3.8) is 0 Å². The Kier molecular flexibility index (Phi) is 4.52. The lowest BCUT2D eigenvalue weighted by atomic mass is 9.75. The van der Waals surface area contributed by atoms with E-state index in [0.29, 0.717) is 5.92 Å². The molecule has 3 rings (SSSR count). The summed E-state index contributed by atoms with van der Waals surface area (Å²) >= 11 is 0. The summed E-state index contributed by atoms with van der Waals surface area (Å²) in [4.78, 5) is 12.7. The molecule has 22 heavy (non-hydrogen) atoms. The number of hydrogen-bond donors (Lipinski definition) is 1. The van der Waals surface area contributed by atoms with Crippen molar-refractivity contribution in [1.82, 2.24) is 0 Å². The van der Waals surface area contributed by atoms with Gasteiger partial charge in [0.25, 0.3) is 0 Å². The third kappa shape index (κ3) is 2.92. The van der Waals surface area contributed by atoms with Gasteiger partial charge in [-0.25, -0.2) is 0 Å². The maximum atomic E-state index is 12.7. The van der Waals surface area contributed by atoms with Gasteiger partial charge < -0.3 is 14.6 Å². The van der Waals surface area contributed by atoms with Gasteiger partial charge in [0, 0.05) is 12.5 Å². The number of aliphatic hydroxyl groups is 1. The van der Waals surface area contributed by atoms with Crippen molar-refractivity contribution in [3.05, 3.63) is 0 Å². The van der Waals surface area contributed by atoms with Crippen LogP contribution in [0.5, 0.6) is 0 Å². The molecule has 4 nitrogen and oxygen atoms in total. The first-order valence-electron chi connectivity index (χ1n) is 8.93. The van der Waals surface area contributed by atoms with Crippen molar-refractivity contribution in [2.45, 2.75) is 77.1 Å². The first-order chi connectivity index (χ1) is 10.4. The number of ether oxygens (including phenoxy) is 2. The summed E-state index contributed by atoms with van der Waals surface area (Å²) in [6.07, 6.45) is 6.08. The van der Waals surface area contributed by atoms with E-state index in [1.807, 2.05) is 0 Å². The van der Waals surface area contributed by atoms with Crippen LogP contribution in [0.1, 0.15) is 59.3 Å². The Morgan fingerprint density at radius 1 is 1.23 bits per heavy atom. The summed E-state index contributed by atoms with van der Waals surface area (Å²) < 4.78 is 11.8. The highest BCUT2D eigenvalue weighted by atomic mass is 16.6. The molecule has 0 amide bonds. The van der Waals surface area contributed by atoms with Gasteiger partial charge in [0.2, 0.25) is 0 Å². The number of hydrogen-bond acceptors (Lipinski definition) is 4. The smallest absolute Gasteiger partial charge is 0.312 e. The highest BCUT2D eigenvalue weighted by Crippen LogP contribution is 2.45. The Morgan fingerprint density at radius 3 is 2.45 bits per heavy atom. The standard InChI is InChI=1S/C18H30O4/c1-11(2)12-6-8-18(3,9-7-12)22-17(20)16-13(10-19)14-4-5-15(16)21-14/h11-16,19H,4-10H2,1-3H3. The minimum atomic E-state index is -0.329. The fourth-order valence-corrected chi connectivity index (χ4v) is 4.66. The van der Waals surface area contributed by atoms with Crippen LogP contribution in [0.25, 0.3) is 0 Å². The van der Waals surface area contributed by atoms with Crippen molar-refractivity contribution < 1.29 is 19.4 Å². The van der Waals surface area contributed by atoms with E-state index in [0.717, 1.165) is 44.4 Å². The molecule has 0 aromatic carbocycles. The van der Waals surface area contributed by atoms with Gasteiger partial charge >= 0.3 is 5.97 Å². The van der Waals surface area contributed by atoms with E-state index in [-0.39, 0.29) is 42.2 Å². The molecule has 0 spiro atoms. The summed E-state index contributed by atoms with van der Waals surface area (Å²) in [6, 6.07) is 0. The molecule has 4 unspecified atom stereocenters. The van der Waals surface area contributed by atoms with Crippen LogP contribution in [0.4, 0.5) is 0 Å². The Labute approximate surface area is 133 Å². The summed E-state index contributed by atoms with van der Waals surface area (Å²) in [5, 5.41) is 9.59. The molecule has 4 heteroatoms. The topological polar surface area (TPSA) is 55.8 Å². The van der Waals surface area contributed by atoms with Crippen molar-refractivity contribution in [2.75, 3.05) is 6.61 Å². The maximum absolute atomic E-state index is 12.7. The second-order valence-corrected chi connectivity index (χ2v) is 8.11. The lowest BCUT2D eigenvalue weighted by molar-refractivity contribution is -0.171. The highest BCUT2D eigenvalue weighted by molar-refractivity contribution is 5.74. The fraction of sp³-hybridized carbons (Fsp3) is 0.944. The molecular weight excluding hydrogens is 280 g/mol. The molecule has 2 saturated heterocycles. The third-order valence-electron chi connectivity index (χ3n) is 6.29. The summed E-state index contributed by atoms with van der Waals surface area (Å²) in [5.41, 5.74) is -0.329. The van der Waals surface area contributed by atoms with Gasteiger partial charge in [0.1, 0.15) is 5.60 Å². The molecule has 0 radical (unpaired) electrons. The van der Waals surface area contributed by atoms with Gasteiger partial charge in [-0.15, -0.1) is 0 Å². The number of carbonyl (C=O) groups is 1. The molecule has 3 fully saturated rings. The average Bonchev–Trinajstić information content (AvgIpc) is 3.07. The SMILES string of the molecule is CC(C)C1CCC(C)(OC(=O)C2C3CCC(O3)C2CO)CC1. The van der Waals surface area contributed by atoms with Gasteiger partial charge in [0.05, 0.1) is 18.1 Å². The average molecular weight is 310 g/mol. The van der Waals surface area contributed by atoms with Crippen molar-refractivity contribution in [2.24, 2.45) is 23.7 Å². The molecule has 2 bridgehead atoms. The maximum Gasteiger partial charge on any atom is 0.312 e. The quantitative estimate of drug-likeness (QED) is 0.811. The zero-order valence-corrected chi connectivity index (χ0v) is 14.1. The second-order valence-electron chi connectivity index (χ2n) is 8.11. The molecule has 1 N–H and O–H groups in total. The van der Waals surface area contributed by atoms with Crippen molar-refractivity contribution in [3.8, 4) is 0 Å². The fourth-order valence-electron chi connectivity index (χ4n) is 4.66. The van der Waals surface area contributed by atoms with E-state index in [1.165, 1.54) is 0 Å². The van der Waals surface area contributed by atoms with E-state index in [4.69, 9.17) is 9.47 Å². The van der Waals surface area contributed by atoms with Crippen molar-refractivity contribution >= 4 is 5.97 Å². The molecule has 1 aliphatic carbocycles. The van der Waals surface area contributed by atoms with E-state index >= 15 is 0 Å². The molecular formula is C18H30O4. The normalized spacial score (nSPS) is 44.5. The van der Waals surface area contributed by atoms with E-state index in [9.17, 15) is 9.90 Å². The van der Waals surface area contributed by atoms with Gasteiger partial charge in [-0.1, -0.05) is 13.8 Å².